The summed E-state index contributed by atoms with van der Waals surface area (Å²) in [7, 11) is 0. The van der Waals surface area contributed by atoms with Crippen LogP contribution in [0.25, 0.3) is 0 Å². The molecule has 0 atom stereocenters. The van der Waals surface area contributed by atoms with Crippen molar-refractivity contribution < 1.29 is 9.18 Å². The number of halogens is 1. The molecule has 5 heteroatoms. The molecule has 1 fully saturated rings. The van der Waals surface area contributed by atoms with E-state index in [0.29, 0.717) is 11.4 Å². The van der Waals surface area contributed by atoms with Crippen molar-refractivity contribution in [2.75, 3.05) is 22.6 Å². The molecule has 0 heterocycles. The van der Waals surface area contributed by atoms with Crippen molar-refractivity contribution in [3.05, 3.63) is 24.0 Å². The Kier molecular flexibility index (Phi) is 5.07. The molecule has 0 radical (unpaired) electrons. The van der Waals surface area contributed by atoms with E-state index in [-0.39, 0.29) is 11.6 Å². The average Bonchev–Trinajstić information content (AvgIpc) is 2.86. The summed E-state index contributed by atoms with van der Waals surface area (Å²) in [6.45, 7) is 0. The van der Waals surface area contributed by atoms with Crippen LogP contribution in [-0.2, 0) is 4.79 Å². The lowest BCUT2D eigenvalue weighted by molar-refractivity contribution is -0.113. The first-order valence-electron chi connectivity index (χ1n) is 6.58. The van der Waals surface area contributed by atoms with Crippen LogP contribution >= 0.6 is 11.8 Å². The molecule has 3 nitrogen and oxygen atoms in total. The van der Waals surface area contributed by atoms with Crippen LogP contribution in [0, 0.1) is 11.7 Å². The summed E-state index contributed by atoms with van der Waals surface area (Å²) in [5.41, 5.74) is 6.37. The molecule has 104 valence electrons. The van der Waals surface area contributed by atoms with Crippen LogP contribution in [0.2, 0.25) is 0 Å². The van der Waals surface area contributed by atoms with Gasteiger partial charge in [0.15, 0.2) is 0 Å². The topological polar surface area (TPSA) is 55.1 Å². The van der Waals surface area contributed by atoms with Gasteiger partial charge in [-0.05, 0) is 42.7 Å². The summed E-state index contributed by atoms with van der Waals surface area (Å²) >= 11 is 1.66. The second-order valence-corrected chi connectivity index (χ2v) is 5.98. The molecule has 1 aromatic carbocycles. The fraction of sp³-hybridized carbons (Fsp3) is 0.500. The molecule has 1 amide bonds. The third-order valence-corrected chi connectivity index (χ3v) is 4.52. The van der Waals surface area contributed by atoms with Gasteiger partial charge >= 0.3 is 0 Å². The number of benzene rings is 1. The zero-order valence-corrected chi connectivity index (χ0v) is 11.6. The Balaban J connectivity index is 1.74. The molecule has 0 spiro atoms. The molecule has 19 heavy (non-hydrogen) atoms. The number of rotatable bonds is 5. The lowest BCUT2D eigenvalue weighted by atomic mass is 10.1. The third-order valence-electron chi connectivity index (χ3n) is 3.35. The minimum atomic E-state index is -0.397. The van der Waals surface area contributed by atoms with Gasteiger partial charge in [-0.25, -0.2) is 4.39 Å². The largest absolute Gasteiger partial charge is 0.397 e. The molecule has 0 aromatic heterocycles. The van der Waals surface area contributed by atoms with E-state index < -0.39 is 5.82 Å². The van der Waals surface area contributed by atoms with Gasteiger partial charge in [-0.2, -0.15) is 11.8 Å². The minimum Gasteiger partial charge on any atom is -0.397 e. The molecular formula is C14H19FN2OS. The second-order valence-electron chi connectivity index (χ2n) is 4.95. The molecule has 1 aliphatic rings. The number of amides is 1. The summed E-state index contributed by atoms with van der Waals surface area (Å²) in [4.78, 5) is 11.7. The molecule has 0 bridgehead atoms. The predicted molar refractivity (Wildman–Crippen MR) is 78.7 cm³/mol. The van der Waals surface area contributed by atoms with E-state index in [0.717, 1.165) is 11.7 Å². The number of anilines is 2. The number of carbonyl (C=O) groups excluding carboxylic acids is 1. The summed E-state index contributed by atoms with van der Waals surface area (Å²) in [5.74, 6) is 1.76. The van der Waals surface area contributed by atoms with Crippen molar-refractivity contribution in [2.45, 2.75) is 25.7 Å². The molecule has 1 aliphatic carbocycles. The quantitative estimate of drug-likeness (QED) is 0.815. The number of nitrogens with two attached hydrogens (primary N) is 1. The van der Waals surface area contributed by atoms with Crippen LogP contribution in [0.5, 0.6) is 0 Å². The predicted octanol–water partition coefficient (Wildman–Crippen LogP) is 3.27. The van der Waals surface area contributed by atoms with Crippen molar-refractivity contribution in [3.63, 3.8) is 0 Å². The SMILES string of the molecule is Nc1cc(F)ccc1NC(=O)CSCC1CCCC1. The van der Waals surface area contributed by atoms with E-state index in [1.165, 1.54) is 43.9 Å². The van der Waals surface area contributed by atoms with E-state index in [4.69, 9.17) is 5.73 Å². The van der Waals surface area contributed by atoms with Gasteiger partial charge in [-0.15, -0.1) is 0 Å². The smallest absolute Gasteiger partial charge is 0.234 e. The molecule has 0 aliphatic heterocycles. The summed E-state index contributed by atoms with van der Waals surface area (Å²) in [6.07, 6.45) is 5.23. The molecule has 0 unspecified atom stereocenters. The van der Waals surface area contributed by atoms with Gasteiger partial charge < -0.3 is 11.1 Å². The van der Waals surface area contributed by atoms with Crippen molar-refractivity contribution in [1.29, 1.82) is 0 Å². The van der Waals surface area contributed by atoms with Crippen LogP contribution in [-0.4, -0.2) is 17.4 Å². The van der Waals surface area contributed by atoms with Crippen LogP contribution in [0.15, 0.2) is 18.2 Å². The maximum absolute atomic E-state index is 12.9. The van der Waals surface area contributed by atoms with Crippen molar-refractivity contribution in [3.8, 4) is 0 Å². The highest BCUT2D eigenvalue weighted by molar-refractivity contribution is 7.99. The Bertz CT molecular complexity index is 447. The lowest BCUT2D eigenvalue weighted by Gasteiger charge is -2.10. The first-order chi connectivity index (χ1) is 9.15. The first kappa shape index (κ1) is 14.2. The fourth-order valence-corrected chi connectivity index (χ4v) is 3.37. The van der Waals surface area contributed by atoms with Crippen LogP contribution in [0.3, 0.4) is 0 Å². The molecule has 1 saturated carbocycles. The lowest BCUT2D eigenvalue weighted by Crippen LogP contribution is -2.16. The number of nitrogens with one attached hydrogen (secondary N) is 1. The van der Waals surface area contributed by atoms with Crippen LogP contribution in [0.1, 0.15) is 25.7 Å². The maximum Gasteiger partial charge on any atom is 0.234 e. The summed E-state index contributed by atoms with van der Waals surface area (Å²) in [6, 6.07) is 3.99. The number of thioether (sulfide) groups is 1. The number of carbonyl (C=O) groups is 1. The highest BCUT2D eigenvalue weighted by atomic mass is 32.2. The van der Waals surface area contributed by atoms with Crippen molar-refractivity contribution in [1.82, 2.24) is 0 Å². The standard InChI is InChI=1S/C14H19FN2OS/c15-11-5-6-13(12(16)7-11)17-14(18)9-19-8-10-3-1-2-4-10/h5-7,10H,1-4,8-9,16H2,(H,17,18). The molecule has 1 aromatic rings. The average molecular weight is 282 g/mol. The maximum atomic E-state index is 12.9. The van der Waals surface area contributed by atoms with Crippen LogP contribution in [0.4, 0.5) is 15.8 Å². The molecule has 0 saturated heterocycles. The second kappa shape index (κ2) is 6.80. The zero-order valence-electron chi connectivity index (χ0n) is 10.8. The van der Waals surface area contributed by atoms with Gasteiger partial charge in [0.25, 0.3) is 0 Å². The Morgan fingerprint density at radius 3 is 2.84 bits per heavy atom. The fourth-order valence-electron chi connectivity index (χ4n) is 2.33. The van der Waals surface area contributed by atoms with E-state index in [1.807, 2.05) is 0 Å². The first-order valence-corrected chi connectivity index (χ1v) is 7.73. The van der Waals surface area contributed by atoms with E-state index in [9.17, 15) is 9.18 Å². The Labute approximate surface area is 117 Å². The number of hydrogen-bond acceptors (Lipinski definition) is 3. The van der Waals surface area contributed by atoms with Gasteiger partial charge in [0.1, 0.15) is 5.82 Å². The van der Waals surface area contributed by atoms with E-state index in [1.54, 1.807) is 11.8 Å². The summed E-state index contributed by atoms with van der Waals surface area (Å²) < 4.78 is 12.9. The van der Waals surface area contributed by atoms with Gasteiger partial charge in [0, 0.05) is 0 Å². The summed E-state index contributed by atoms with van der Waals surface area (Å²) in [5, 5.41) is 2.71. The highest BCUT2D eigenvalue weighted by Crippen LogP contribution is 2.28. The van der Waals surface area contributed by atoms with Gasteiger partial charge in [-0.1, -0.05) is 12.8 Å². The Morgan fingerprint density at radius 2 is 2.16 bits per heavy atom. The van der Waals surface area contributed by atoms with Crippen molar-refractivity contribution in [2.24, 2.45) is 5.92 Å². The van der Waals surface area contributed by atoms with Gasteiger partial charge in [0.05, 0.1) is 17.1 Å². The Morgan fingerprint density at radius 1 is 1.42 bits per heavy atom. The molecule has 2 rings (SSSR count). The van der Waals surface area contributed by atoms with Gasteiger partial charge in [-0.3, -0.25) is 4.79 Å². The minimum absolute atomic E-state index is 0.0821. The monoisotopic (exact) mass is 282 g/mol. The zero-order chi connectivity index (χ0) is 13.7. The van der Waals surface area contributed by atoms with E-state index in [2.05, 4.69) is 5.32 Å². The van der Waals surface area contributed by atoms with Gasteiger partial charge in [0.2, 0.25) is 5.91 Å². The van der Waals surface area contributed by atoms with Crippen LogP contribution < -0.4 is 11.1 Å². The van der Waals surface area contributed by atoms with Crippen molar-refractivity contribution >= 4 is 29.0 Å². The normalized spacial score (nSPS) is 15.6. The third kappa shape index (κ3) is 4.42. The number of hydrogen-bond donors (Lipinski definition) is 2. The molecular weight excluding hydrogens is 263 g/mol. The molecule has 3 N–H and O–H groups in total. The number of nitrogen functional groups attached to an aromatic ring is 1. The highest BCUT2D eigenvalue weighted by Gasteiger charge is 2.15. The Hall–Kier alpha value is -1.23. The van der Waals surface area contributed by atoms with E-state index >= 15 is 0 Å².